The van der Waals surface area contributed by atoms with Crippen LogP contribution in [0.1, 0.15) is 31.2 Å². The maximum atomic E-state index is 13.7. The van der Waals surface area contributed by atoms with Gasteiger partial charge in [-0.25, -0.2) is 13.8 Å². The van der Waals surface area contributed by atoms with Crippen LogP contribution in [0, 0.1) is 0 Å². The van der Waals surface area contributed by atoms with Gasteiger partial charge < -0.3 is 15.5 Å². The van der Waals surface area contributed by atoms with Crippen molar-refractivity contribution in [2.45, 2.75) is 43.8 Å². The van der Waals surface area contributed by atoms with E-state index in [0.717, 1.165) is 4.90 Å². The van der Waals surface area contributed by atoms with E-state index >= 15 is 0 Å². The fourth-order valence-corrected chi connectivity index (χ4v) is 7.97. The molecule has 1 aromatic rings. The van der Waals surface area contributed by atoms with Gasteiger partial charge in [0.25, 0.3) is 5.92 Å². The van der Waals surface area contributed by atoms with Crippen molar-refractivity contribution in [1.82, 2.24) is 9.80 Å². The quantitative estimate of drug-likeness (QED) is 0.406. The van der Waals surface area contributed by atoms with Crippen LogP contribution in [0.4, 0.5) is 22.0 Å². The Morgan fingerprint density at radius 2 is 2.09 bits per heavy atom. The van der Waals surface area contributed by atoms with Crippen molar-refractivity contribution in [3.63, 3.8) is 0 Å². The number of hydrogen-bond acceptors (Lipinski definition) is 5. The number of nitrogens with two attached hydrogens (primary N) is 1. The number of piperidine rings is 1. The molecule has 4 rings (SSSR count). The molecule has 2 N–H and O–H groups in total. The third kappa shape index (κ3) is 5.73. The molecule has 6 nitrogen and oxygen atoms in total. The average molecular weight is 616 g/mol. The SMILES string of the molecule is N[C@@H](CC(=O)N1CCC2=C(C1)I=C(c1ccsc1)N=C2C(F)(F)F)CN1CC(F)(F)CCC1=O. The van der Waals surface area contributed by atoms with Gasteiger partial charge >= 0.3 is 6.18 Å². The van der Waals surface area contributed by atoms with Crippen molar-refractivity contribution in [3.8, 4) is 0 Å². The summed E-state index contributed by atoms with van der Waals surface area (Å²) in [6, 6.07) is 0.890. The van der Waals surface area contributed by atoms with Crippen LogP contribution in [0.2, 0.25) is 0 Å². The van der Waals surface area contributed by atoms with E-state index in [0.29, 0.717) is 12.8 Å². The third-order valence-corrected chi connectivity index (χ3v) is 9.44. The Kier molecular flexibility index (Phi) is 7.25. The second-order valence-electron chi connectivity index (χ2n) is 8.40. The molecule has 1 saturated heterocycles. The maximum Gasteiger partial charge on any atom is 0.433 e. The number of carbonyl (C=O) groups excluding carboxylic acids is 2. The maximum absolute atomic E-state index is 13.7. The molecule has 0 unspecified atom stereocenters. The van der Waals surface area contributed by atoms with Crippen LogP contribution in [-0.4, -0.2) is 75.3 Å². The first-order valence-corrected chi connectivity index (χ1v) is 13.6. The summed E-state index contributed by atoms with van der Waals surface area (Å²) in [4.78, 5) is 31.2. The summed E-state index contributed by atoms with van der Waals surface area (Å²) in [5, 5.41) is 3.54. The summed E-state index contributed by atoms with van der Waals surface area (Å²) in [6.07, 6.45) is -5.51. The van der Waals surface area contributed by atoms with Crippen LogP contribution in [0.25, 0.3) is 0 Å². The second kappa shape index (κ2) is 9.72. The number of rotatable bonds is 5. The Balaban J connectivity index is 1.45. The number of carbonyl (C=O) groups is 2. The van der Waals surface area contributed by atoms with E-state index in [1.165, 1.54) is 16.2 Å². The Bertz CT molecular complexity index is 1070. The summed E-state index contributed by atoms with van der Waals surface area (Å²) >= 11 is 0.383. The molecule has 0 radical (unpaired) electrons. The molecular weight excluding hydrogens is 594 g/mol. The van der Waals surface area contributed by atoms with Gasteiger partial charge in [-0.2, -0.15) is 24.5 Å². The summed E-state index contributed by atoms with van der Waals surface area (Å²) in [6.45, 7) is -0.732. The van der Waals surface area contributed by atoms with Crippen LogP contribution in [0.15, 0.2) is 31.0 Å². The van der Waals surface area contributed by atoms with Gasteiger partial charge in [0.05, 0.1) is 13.1 Å². The summed E-state index contributed by atoms with van der Waals surface area (Å²) in [7, 11) is 0. The molecule has 4 heterocycles. The molecule has 0 aromatic carbocycles. The van der Waals surface area contributed by atoms with Crippen LogP contribution >= 0.6 is 32.1 Å². The number of thiophene rings is 1. The molecule has 1 fully saturated rings. The number of halogens is 6. The topological polar surface area (TPSA) is 79.0 Å². The Labute approximate surface area is 206 Å². The Morgan fingerprint density at radius 1 is 1.32 bits per heavy atom. The lowest BCUT2D eigenvalue weighted by Gasteiger charge is -2.35. The van der Waals surface area contributed by atoms with Crippen molar-refractivity contribution in [2.75, 3.05) is 26.2 Å². The highest BCUT2D eigenvalue weighted by Crippen LogP contribution is 2.39. The van der Waals surface area contributed by atoms with E-state index in [4.69, 9.17) is 5.73 Å². The zero-order valence-corrected chi connectivity index (χ0v) is 20.9. The predicted octanol–water partition coefficient (Wildman–Crippen LogP) is 3.68. The first-order chi connectivity index (χ1) is 15.9. The van der Waals surface area contributed by atoms with Gasteiger partial charge in [0.15, 0.2) is 0 Å². The highest BCUT2D eigenvalue weighted by Gasteiger charge is 2.43. The molecule has 3 aliphatic heterocycles. The molecular formula is C21H22F5IN4O2S. The lowest BCUT2D eigenvalue weighted by molar-refractivity contribution is -0.147. The summed E-state index contributed by atoms with van der Waals surface area (Å²) < 4.78 is 69.4. The number of hydrogen-bond donors (Lipinski definition) is 1. The number of amides is 2. The number of alkyl halides is 5. The van der Waals surface area contributed by atoms with E-state index in [1.807, 2.05) is 0 Å². The van der Waals surface area contributed by atoms with Gasteiger partial charge in [0.2, 0.25) is 11.8 Å². The molecule has 3 aliphatic rings. The number of likely N-dealkylation sites (tertiary alicyclic amines) is 1. The van der Waals surface area contributed by atoms with Crippen molar-refractivity contribution in [1.29, 1.82) is 0 Å². The predicted molar refractivity (Wildman–Crippen MR) is 128 cm³/mol. The second-order valence-corrected chi connectivity index (χ2v) is 12.0. The average Bonchev–Trinajstić information content (AvgIpc) is 3.29. The minimum atomic E-state index is -4.59. The smallest absolute Gasteiger partial charge is 0.338 e. The molecule has 0 bridgehead atoms. The van der Waals surface area contributed by atoms with Gasteiger partial charge in [-0.15, -0.1) is 0 Å². The first-order valence-electron chi connectivity index (χ1n) is 10.5. The lowest BCUT2D eigenvalue weighted by atomic mass is 10.0. The molecule has 0 saturated carbocycles. The molecule has 0 spiro atoms. The molecule has 2 amide bonds. The highest BCUT2D eigenvalue weighted by molar-refractivity contribution is 14.2. The van der Waals surface area contributed by atoms with Crippen LogP contribution in [0.5, 0.6) is 0 Å². The fourth-order valence-electron chi connectivity index (χ4n) is 4.06. The standard InChI is InChI=1S/C21H22F5IN4O2S/c22-20(23)4-1-16(32)31(11-20)8-13(28)7-17(33)30-5-2-14-15(9-30)27-19(12-3-6-34-10-12)29-18(14)21(24,25)26/h3,6,10,13H,1-2,4-5,7-9,11,28H2/t13-/m0/s1. The van der Waals surface area contributed by atoms with Crippen LogP contribution in [0.3, 0.4) is 0 Å². The normalized spacial score (nSPS) is 22.0. The van der Waals surface area contributed by atoms with Gasteiger partial charge in [-0.3, -0.25) is 9.59 Å². The molecule has 1 atom stereocenters. The third-order valence-electron chi connectivity index (χ3n) is 5.74. The molecule has 0 aliphatic carbocycles. The Morgan fingerprint density at radius 3 is 2.76 bits per heavy atom. The van der Waals surface area contributed by atoms with Gasteiger partial charge in [0, 0.05) is 52.9 Å². The van der Waals surface area contributed by atoms with E-state index in [-0.39, 0.29) is 50.4 Å². The van der Waals surface area contributed by atoms with Gasteiger partial charge in [0.1, 0.15) is 9.34 Å². The first kappa shape index (κ1) is 25.4. The number of nitrogens with zero attached hydrogens (tertiary/aromatic N) is 3. The molecule has 13 heteroatoms. The molecule has 34 heavy (non-hydrogen) atoms. The zero-order valence-electron chi connectivity index (χ0n) is 17.9. The van der Waals surface area contributed by atoms with Crippen molar-refractivity contribution >= 4 is 53.2 Å². The van der Waals surface area contributed by atoms with Gasteiger partial charge in [-0.1, -0.05) is 20.7 Å². The minimum Gasteiger partial charge on any atom is -0.338 e. The van der Waals surface area contributed by atoms with E-state index < -0.39 is 63.5 Å². The molecule has 1 aromatic heterocycles. The van der Waals surface area contributed by atoms with E-state index in [9.17, 15) is 31.5 Å². The van der Waals surface area contributed by atoms with E-state index in [1.54, 1.807) is 16.8 Å². The van der Waals surface area contributed by atoms with E-state index in [2.05, 4.69) is 4.99 Å². The summed E-state index contributed by atoms with van der Waals surface area (Å²) in [5.74, 6) is -3.77. The fraction of sp³-hybridized carbons (Fsp3) is 0.524. The Hall–Kier alpha value is -1.74. The van der Waals surface area contributed by atoms with Crippen LogP contribution in [-0.2, 0) is 9.59 Å². The van der Waals surface area contributed by atoms with Crippen molar-refractivity contribution < 1.29 is 31.5 Å². The van der Waals surface area contributed by atoms with Crippen molar-refractivity contribution in [3.05, 3.63) is 31.5 Å². The van der Waals surface area contributed by atoms with Crippen LogP contribution < -0.4 is 5.73 Å². The number of aliphatic imine (C=N–C) groups is 1. The van der Waals surface area contributed by atoms with Crippen molar-refractivity contribution in [2.24, 2.45) is 10.7 Å². The highest BCUT2D eigenvalue weighted by atomic mass is 127. The minimum absolute atomic E-state index is 0.0438. The zero-order chi connectivity index (χ0) is 24.7. The monoisotopic (exact) mass is 616 g/mol. The van der Waals surface area contributed by atoms with Gasteiger partial charge in [-0.05, 0) is 23.4 Å². The largest absolute Gasteiger partial charge is 0.433 e. The lowest BCUT2D eigenvalue weighted by Crippen LogP contribution is -2.51. The summed E-state index contributed by atoms with van der Waals surface area (Å²) in [5.41, 5.74) is 5.95. The molecule has 186 valence electrons.